The Morgan fingerprint density at radius 2 is 1.65 bits per heavy atom. The summed E-state index contributed by atoms with van der Waals surface area (Å²) in [5.74, 6) is 0.334. The number of nitrogens with zero attached hydrogens (tertiary/aromatic N) is 1. The van der Waals surface area contributed by atoms with Crippen LogP contribution in [0.25, 0.3) is 22.1 Å². The van der Waals surface area contributed by atoms with Gasteiger partial charge in [-0.25, -0.2) is 0 Å². The quantitative estimate of drug-likeness (QED) is 0.460. The molecule has 0 radical (unpaired) electrons. The smallest absolute Gasteiger partial charge is 0.204 e. The van der Waals surface area contributed by atoms with E-state index in [4.69, 9.17) is 9.15 Å². The third-order valence-corrected chi connectivity index (χ3v) is 5.54. The van der Waals surface area contributed by atoms with E-state index in [0.717, 1.165) is 38.8 Å². The van der Waals surface area contributed by atoms with Crippen LogP contribution in [-0.2, 0) is 6.54 Å². The molecule has 6 nitrogen and oxygen atoms in total. The van der Waals surface area contributed by atoms with Gasteiger partial charge in [-0.05, 0) is 43.6 Å². The highest BCUT2D eigenvalue weighted by Crippen LogP contribution is 2.35. The maximum Gasteiger partial charge on any atom is 0.204 e. The van der Waals surface area contributed by atoms with Crippen molar-refractivity contribution >= 4 is 11.0 Å². The maximum atomic E-state index is 13.3. The number of hydrogen-bond acceptors (Lipinski definition) is 6. The topological polar surface area (TPSA) is 83.1 Å². The van der Waals surface area contributed by atoms with Crippen LogP contribution in [0.3, 0.4) is 0 Å². The van der Waals surface area contributed by atoms with E-state index in [2.05, 4.69) is 18.7 Å². The fourth-order valence-electron chi connectivity index (χ4n) is 3.71. The monoisotopic (exact) mass is 425 g/mol. The molecule has 0 aliphatic rings. The number of ether oxygens (including phenoxy) is 1. The lowest BCUT2D eigenvalue weighted by Gasteiger charge is -2.23. The molecule has 1 heterocycles. The molecule has 0 spiro atoms. The van der Waals surface area contributed by atoms with E-state index in [1.54, 1.807) is 31.4 Å². The molecule has 0 aliphatic heterocycles. The Labute approximate surface area is 182 Å². The van der Waals surface area contributed by atoms with Gasteiger partial charge in [0.25, 0.3) is 0 Å². The molecule has 0 saturated heterocycles. The minimum Gasteiger partial charge on any atom is -0.507 e. The van der Waals surface area contributed by atoms with Crippen molar-refractivity contribution in [3.63, 3.8) is 0 Å². The second-order valence-corrected chi connectivity index (χ2v) is 7.79. The minimum absolute atomic E-state index is 0.0663. The van der Waals surface area contributed by atoms with Crippen molar-refractivity contribution in [2.45, 2.75) is 46.1 Å². The van der Waals surface area contributed by atoms with Gasteiger partial charge in [0.1, 0.15) is 34.5 Å². The van der Waals surface area contributed by atoms with Gasteiger partial charge >= 0.3 is 0 Å². The molecule has 2 N–H and O–H groups in total. The number of aromatic hydroxyl groups is 2. The van der Waals surface area contributed by atoms with Crippen molar-refractivity contribution in [3.8, 4) is 28.4 Å². The molecule has 0 fully saturated rings. The Morgan fingerprint density at radius 1 is 1.00 bits per heavy atom. The number of phenols is 2. The highest BCUT2D eigenvalue weighted by Gasteiger charge is 2.21. The van der Waals surface area contributed by atoms with E-state index in [1.165, 1.54) is 12.3 Å². The van der Waals surface area contributed by atoms with Gasteiger partial charge in [-0.15, -0.1) is 0 Å². The predicted molar refractivity (Wildman–Crippen MR) is 123 cm³/mol. The summed E-state index contributed by atoms with van der Waals surface area (Å²) >= 11 is 0. The van der Waals surface area contributed by atoms with E-state index < -0.39 is 0 Å². The first-order valence-electron chi connectivity index (χ1n) is 10.9. The van der Waals surface area contributed by atoms with Crippen LogP contribution in [0, 0.1) is 0 Å². The summed E-state index contributed by atoms with van der Waals surface area (Å²) in [6.07, 6.45) is 5.64. The van der Waals surface area contributed by atoms with Crippen LogP contribution in [0.15, 0.2) is 45.8 Å². The standard InChI is InChI=1S/C25H31NO5/c1-4-6-12-26(13-7-5-2)15-19-21(27)14-22(28)23-24(29)20(16-31-25(19)23)17-8-10-18(30-3)11-9-17/h8-11,14,16,27-28H,4-7,12-13,15H2,1-3H3. The fourth-order valence-corrected chi connectivity index (χ4v) is 3.71. The lowest BCUT2D eigenvalue weighted by molar-refractivity contribution is 0.253. The third kappa shape index (κ3) is 5.02. The summed E-state index contributed by atoms with van der Waals surface area (Å²) in [5.41, 5.74) is 1.43. The number of benzene rings is 2. The first-order valence-corrected chi connectivity index (χ1v) is 10.9. The average molecular weight is 426 g/mol. The molecule has 0 saturated carbocycles. The molecule has 3 rings (SSSR count). The number of methoxy groups -OCH3 is 1. The van der Waals surface area contributed by atoms with E-state index in [1.807, 2.05) is 0 Å². The fraction of sp³-hybridized carbons (Fsp3) is 0.400. The van der Waals surface area contributed by atoms with E-state index in [9.17, 15) is 15.0 Å². The molecule has 31 heavy (non-hydrogen) atoms. The molecule has 1 aromatic heterocycles. The van der Waals surface area contributed by atoms with Gasteiger partial charge in [0.05, 0.1) is 18.2 Å². The van der Waals surface area contributed by atoms with Gasteiger partial charge in [-0.1, -0.05) is 38.8 Å². The molecule has 0 amide bonds. The van der Waals surface area contributed by atoms with E-state index in [-0.39, 0.29) is 27.9 Å². The zero-order chi connectivity index (χ0) is 22.4. The van der Waals surface area contributed by atoms with Gasteiger partial charge in [0.15, 0.2) is 0 Å². The van der Waals surface area contributed by atoms with Crippen molar-refractivity contribution in [3.05, 3.63) is 52.4 Å². The van der Waals surface area contributed by atoms with Crippen molar-refractivity contribution in [1.82, 2.24) is 4.90 Å². The average Bonchev–Trinajstić information content (AvgIpc) is 2.77. The Kier molecular flexibility index (Phi) is 7.58. The molecule has 3 aromatic rings. The molecule has 0 unspecified atom stereocenters. The zero-order valence-electron chi connectivity index (χ0n) is 18.5. The third-order valence-electron chi connectivity index (χ3n) is 5.54. The SMILES string of the molecule is CCCCN(CCCC)Cc1c(O)cc(O)c2c(=O)c(-c3ccc(OC)cc3)coc12. The van der Waals surface area contributed by atoms with Gasteiger partial charge in [-0.3, -0.25) is 9.69 Å². The Hall–Kier alpha value is -2.99. The van der Waals surface area contributed by atoms with Crippen LogP contribution in [0.1, 0.15) is 45.1 Å². The molecule has 6 heteroatoms. The van der Waals surface area contributed by atoms with E-state index in [0.29, 0.717) is 29.0 Å². The summed E-state index contributed by atoms with van der Waals surface area (Å²) in [7, 11) is 1.58. The number of rotatable bonds is 10. The molecule has 2 aromatic carbocycles. The maximum absolute atomic E-state index is 13.3. The molecule has 0 atom stereocenters. The largest absolute Gasteiger partial charge is 0.507 e. The first-order chi connectivity index (χ1) is 15.0. The molecule has 0 aliphatic carbocycles. The number of phenolic OH excluding ortho intramolecular Hbond substituents is 2. The van der Waals surface area contributed by atoms with Crippen LogP contribution < -0.4 is 10.2 Å². The summed E-state index contributed by atoms with van der Waals surface area (Å²) in [4.78, 5) is 15.5. The summed E-state index contributed by atoms with van der Waals surface area (Å²) < 4.78 is 11.0. The van der Waals surface area contributed by atoms with Gasteiger partial charge in [0, 0.05) is 12.6 Å². The highest BCUT2D eigenvalue weighted by atomic mass is 16.5. The zero-order valence-corrected chi connectivity index (χ0v) is 18.5. The van der Waals surface area contributed by atoms with E-state index >= 15 is 0 Å². The van der Waals surface area contributed by atoms with Crippen LogP contribution in [-0.4, -0.2) is 35.3 Å². The molecule has 166 valence electrons. The summed E-state index contributed by atoms with van der Waals surface area (Å²) in [6, 6.07) is 8.31. The summed E-state index contributed by atoms with van der Waals surface area (Å²) in [6.45, 7) is 6.53. The number of hydrogen-bond donors (Lipinski definition) is 2. The van der Waals surface area contributed by atoms with Crippen molar-refractivity contribution in [2.24, 2.45) is 0 Å². The minimum atomic E-state index is -0.334. The van der Waals surface area contributed by atoms with Crippen molar-refractivity contribution in [2.75, 3.05) is 20.2 Å². The number of fused-ring (bicyclic) bond motifs is 1. The predicted octanol–water partition coefficient (Wildman–Crippen LogP) is 5.28. The first kappa shape index (κ1) is 22.7. The van der Waals surface area contributed by atoms with Crippen LogP contribution in [0.4, 0.5) is 0 Å². The Balaban J connectivity index is 2.07. The van der Waals surface area contributed by atoms with Crippen LogP contribution >= 0.6 is 0 Å². The Morgan fingerprint density at radius 3 is 2.23 bits per heavy atom. The second-order valence-electron chi connectivity index (χ2n) is 7.79. The van der Waals surface area contributed by atoms with Crippen molar-refractivity contribution < 1.29 is 19.4 Å². The van der Waals surface area contributed by atoms with Gasteiger partial charge in [-0.2, -0.15) is 0 Å². The molecule has 0 bridgehead atoms. The lowest BCUT2D eigenvalue weighted by atomic mass is 10.0. The second kappa shape index (κ2) is 10.4. The van der Waals surface area contributed by atoms with Gasteiger partial charge < -0.3 is 19.4 Å². The molecular formula is C25H31NO5. The highest BCUT2D eigenvalue weighted by molar-refractivity contribution is 5.90. The van der Waals surface area contributed by atoms with Crippen LogP contribution in [0.2, 0.25) is 0 Å². The van der Waals surface area contributed by atoms with Crippen LogP contribution in [0.5, 0.6) is 17.2 Å². The lowest BCUT2D eigenvalue weighted by Crippen LogP contribution is -2.26. The normalized spacial score (nSPS) is 11.4. The Bertz CT molecular complexity index is 1060. The molecular weight excluding hydrogens is 394 g/mol. The number of unbranched alkanes of at least 4 members (excludes halogenated alkanes) is 2. The van der Waals surface area contributed by atoms with Gasteiger partial charge in [0.2, 0.25) is 5.43 Å². The van der Waals surface area contributed by atoms with Crippen molar-refractivity contribution in [1.29, 1.82) is 0 Å². The summed E-state index contributed by atoms with van der Waals surface area (Å²) in [5, 5.41) is 21.1.